The SMILES string of the molecule is c1ccc(-c2ccc(N(c3ccc(-c4cnc5c(c4)sc4ccccc45)cc3)c3ccc4sc5ccccc5c4c3)cc2)cc1. The van der Waals surface area contributed by atoms with Crippen molar-refractivity contribution in [2.75, 3.05) is 4.90 Å². The van der Waals surface area contributed by atoms with Crippen LogP contribution in [0.3, 0.4) is 0 Å². The van der Waals surface area contributed by atoms with Gasteiger partial charge >= 0.3 is 0 Å². The highest BCUT2D eigenvalue weighted by Gasteiger charge is 2.16. The topological polar surface area (TPSA) is 16.1 Å². The van der Waals surface area contributed by atoms with Crippen molar-refractivity contribution in [1.82, 2.24) is 4.98 Å². The molecule has 0 atom stereocenters. The normalized spacial score (nSPS) is 11.6. The first kappa shape index (κ1) is 26.1. The predicted molar refractivity (Wildman–Crippen MR) is 196 cm³/mol. The fourth-order valence-corrected chi connectivity index (χ4v) is 8.48. The molecular weight excluding hydrogens is 585 g/mol. The second-order valence-corrected chi connectivity index (χ2v) is 13.4. The monoisotopic (exact) mass is 610 g/mol. The van der Waals surface area contributed by atoms with Crippen LogP contribution in [0.5, 0.6) is 0 Å². The average Bonchev–Trinajstić information content (AvgIpc) is 3.67. The Labute approximate surface area is 269 Å². The molecule has 212 valence electrons. The third-order valence-corrected chi connectivity index (χ3v) is 10.8. The Morgan fingerprint density at radius 2 is 0.911 bits per heavy atom. The van der Waals surface area contributed by atoms with E-state index in [1.54, 1.807) is 11.3 Å². The standard InChI is InChI=1S/C41H26N2S2/c1-2-8-27(9-3-1)28-14-18-31(19-15-28)43(33-22-23-39-36(25-33)34-10-4-6-12-37(34)44-39)32-20-16-29(17-21-32)30-24-40-41(42-26-30)35-11-5-7-13-38(35)45-40/h1-26H. The van der Waals surface area contributed by atoms with Crippen LogP contribution in [0.2, 0.25) is 0 Å². The van der Waals surface area contributed by atoms with Crippen LogP contribution >= 0.6 is 22.7 Å². The molecule has 4 heteroatoms. The van der Waals surface area contributed by atoms with Crippen LogP contribution in [-0.4, -0.2) is 4.98 Å². The van der Waals surface area contributed by atoms with Gasteiger partial charge in [-0.15, -0.1) is 22.7 Å². The Balaban J connectivity index is 1.14. The summed E-state index contributed by atoms with van der Waals surface area (Å²) in [4.78, 5) is 7.24. The second kappa shape index (κ2) is 10.7. The van der Waals surface area contributed by atoms with Crippen LogP contribution in [0.4, 0.5) is 17.1 Å². The Morgan fingerprint density at radius 3 is 1.64 bits per heavy atom. The van der Waals surface area contributed by atoms with Gasteiger partial charge < -0.3 is 4.90 Å². The molecule has 9 rings (SSSR count). The van der Waals surface area contributed by atoms with Gasteiger partial charge in [0.05, 0.1) is 10.2 Å². The molecule has 0 saturated heterocycles. The molecule has 3 heterocycles. The predicted octanol–water partition coefficient (Wildman–Crippen LogP) is 12.6. The average molecular weight is 611 g/mol. The maximum atomic E-state index is 4.88. The van der Waals surface area contributed by atoms with Gasteiger partial charge in [-0.25, -0.2) is 0 Å². The summed E-state index contributed by atoms with van der Waals surface area (Å²) >= 11 is 3.66. The minimum absolute atomic E-state index is 1.08. The minimum Gasteiger partial charge on any atom is -0.310 e. The van der Waals surface area contributed by atoms with Crippen molar-refractivity contribution in [3.63, 3.8) is 0 Å². The third-order valence-electron chi connectivity index (χ3n) is 8.52. The Kier molecular flexibility index (Phi) is 6.22. The molecule has 45 heavy (non-hydrogen) atoms. The molecule has 6 aromatic carbocycles. The first-order valence-corrected chi connectivity index (χ1v) is 16.7. The lowest BCUT2D eigenvalue weighted by Crippen LogP contribution is -2.09. The van der Waals surface area contributed by atoms with Crippen LogP contribution in [0, 0.1) is 0 Å². The Morgan fingerprint density at radius 1 is 0.378 bits per heavy atom. The number of aromatic nitrogens is 1. The van der Waals surface area contributed by atoms with Gasteiger partial charge in [-0.2, -0.15) is 0 Å². The highest BCUT2D eigenvalue weighted by Crippen LogP contribution is 2.42. The van der Waals surface area contributed by atoms with E-state index in [4.69, 9.17) is 4.98 Å². The number of fused-ring (bicyclic) bond motifs is 6. The lowest BCUT2D eigenvalue weighted by atomic mass is 10.0. The summed E-state index contributed by atoms with van der Waals surface area (Å²) in [5, 5.41) is 3.82. The summed E-state index contributed by atoms with van der Waals surface area (Å²) in [6.45, 7) is 0. The van der Waals surface area contributed by atoms with Gasteiger partial charge in [0, 0.05) is 59.1 Å². The van der Waals surface area contributed by atoms with Crippen molar-refractivity contribution in [3.05, 3.63) is 158 Å². The molecule has 0 aliphatic heterocycles. The summed E-state index contributed by atoms with van der Waals surface area (Å²) in [7, 11) is 0. The number of anilines is 3. The Hall–Kier alpha value is -5.29. The summed E-state index contributed by atoms with van der Waals surface area (Å²) in [5.74, 6) is 0. The summed E-state index contributed by atoms with van der Waals surface area (Å²) in [6.07, 6.45) is 2.01. The van der Waals surface area contributed by atoms with E-state index in [2.05, 4.69) is 157 Å². The van der Waals surface area contributed by atoms with E-state index < -0.39 is 0 Å². The zero-order valence-electron chi connectivity index (χ0n) is 24.2. The lowest BCUT2D eigenvalue weighted by Gasteiger charge is -2.26. The molecule has 0 N–H and O–H groups in total. The van der Waals surface area contributed by atoms with E-state index in [1.807, 2.05) is 17.5 Å². The first-order valence-electron chi connectivity index (χ1n) is 15.0. The van der Waals surface area contributed by atoms with E-state index in [0.717, 1.165) is 33.7 Å². The summed E-state index contributed by atoms with van der Waals surface area (Å²) in [5.41, 5.74) is 9.16. The molecule has 9 aromatic rings. The van der Waals surface area contributed by atoms with Gasteiger partial charge in [-0.1, -0.05) is 91.0 Å². The van der Waals surface area contributed by atoms with Crippen molar-refractivity contribution in [3.8, 4) is 22.3 Å². The lowest BCUT2D eigenvalue weighted by molar-refractivity contribution is 1.29. The zero-order chi connectivity index (χ0) is 29.7. The van der Waals surface area contributed by atoms with Gasteiger partial charge in [0.25, 0.3) is 0 Å². The molecule has 3 aromatic heterocycles. The van der Waals surface area contributed by atoms with Crippen molar-refractivity contribution in [1.29, 1.82) is 0 Å². The van der Waals surface area contributed by atoms with Gasteiger partial charge in [-0.05, 0) is 77.4 Å². The molecule has 2 nitrogen and oxygen atoms in total. The molecule has 0 fully saturated rings. The number of hydrogen-bond acceptors (Lipinski definition) is 4. The first-order chi connectivity index (χ1) is 22.3. The van der Waals surface area contributed by atoms with E-state index in [0.29, 0.717) is 0 Å². The smallest absolute Gasteiger partial charge is 0.0888 e. The quantitative estimate of drug-likeness (QED) is 0.193. The largest absolute Gasteiger partial charge is 0.310 e. The Bertz CT molecular complexity index is 2470. The van der Waals surface area contributed by atoms with Crippen LogP contribution in [0.25, 0.3) is 62.7 Å². The molecule has 0 bridgehead atoms. The van der Waals surface area contributed by atoms with Crippen LogP contribution in [-0.2, 0) is 0 Å². The van der Waals surface area contributed by atoms with Crippen molar-refractivity contribution in [2.45, 2.75) is 0 Å². The van der Waals surface area contributed by atoms with Crippen molar-refractivity contribution < 1.29 is 0 Å². The van der Waals surface area contributed by atoms with Crippen LogP contribution < -0.4 is 4.90 Å². The highest BCUT2D eigenvalue weighted by molar-refractivity contribution is 7.26. The highest BCUT2D eigenvalue weighted by atomic mass is 32.1. The molecule has 0 amide bonds. The van der Waals surface area contributed by atoms with Crippen LogP contribution in [0.15, 0.2) is 158 Å². The molecule has 0 aliphatic rings. The zero-order valence-corrected chi connectivity index (χ0v) is 25.9. The molecule has 0 unspecified atom stereocenters. The van der Waals surface area contributed by atoms with E-state index >= 15 is 0 Å². The fraction of sp³-hybridized carbons (Fsp3) is 0. The fourth-order valence-electron chi connectivity index (χ4n) is 6.29. The van der Waals surface area contributed by atoms with Gasteiger partial charge in [0.1, 0.15) is 0 Å². The number of nitrogens with zero attached hydrogens (tertiary/aromatic N) is 2. The van der Waals surface area contributed by atoms with Crippen molar-refractivity contribution in [2.24, 2.45) is 0 Å². The molecular formula is C41H26N2S2. The number of thiophene rings is 2. The maximum Gasteiger partial charge on any atom is 0.0888 e. The van der Waals surface area contributed by atoms with E-state index in [1.165, 1.54) is 46.1 Å². The second-order valence-electron chi connectivity index (χ2n) is 11.2. The van der Waals surface area contributed by atoms with E-state index in [-0.39, 0.29) is 0 Å². The molecule has 0 radical (unpaired) electrons. The molecule has 0 spiro atoms. The third kappa shape index (κ3) is 4.58. The van der Waals surface area contributed by atoms with Gasteiger partial charge in [0.15, 0.2) is 0 Å². The van der Waals surface area contributed by atoms with E-state index in [9.17, 15) is 0 Å². The number of hydrogen-bond donors (Lipinski definition) is 0. The van der Waals surface area contributed by atoms with Crippen LogP contribution in [0.1, 0.15) is 0 Å². The van der Waals surface area contributed by atoms with Gasteiger partial charge in [-0.3, -0.25) is 4.98 Å². The number of pyridine rings is 1. The maximum absolute atomic E-state index is 4.88. The number of rotatable bonds is 5. The van der Waals surface area contributed by atoms with Crippen molar-refractivity contribution >= 4 is 80.2 Å². The number of benzene rings is 6. The van der Waals surface area contributed by atoms with Gasteiger partial charge in [0.2, 0.25) is 0 Å². The summed E-state index contributed by atoms with van der Waals surface area (Å²) in [6, 6.07) is 54.7. The minimum atomic E-state index is 1.08. The summed E-state index contributed by atoms with van der Waals surface area (Å²) < 4.78 is 5.11. The molecule has 0 saturated carbocycles. The molecule has 0 aliphatic carbocycles.